The molecule has 8 heteroatoms. The number of carbonyl (C=O) groups excluding carboxylic acids is 4. The Labute approximate surface area is 200 Å². The fraction of sp³-hybridized carbons (Fsp3) is 0.520. The number of nitrogens with zero attached hydrogens (tertiary/aromatic N) is 2. The third kappa shape index (κ3) is 6.02. The van der Waals surface area contributed by atoms with Crippen LogP contribution in [0.15, 0.2) is 36.4 Å². The van der Waals surface area contributed by atoms with Crippen molar-refractivity contribution in [2.45, 2.75) is 65.1 Å². The summed E-state index contributed by atoms with van der Waals surface area (Å²) >= 11 is 5.98. The van der Waals surface area contributed by atoms with Gasteiger partial charge in [0.1, 0.15) is 6.04 Å². The number of carbonyl (C=O) groups is 4. The van der Waals surface area contributed by atoms with E-state index >= 15 is 0 Å². The van der Waals surface area contributed by atoms with Crippen molar-refractivity contribution < 1.29 is 19.2 Å². The van der Waals surface area contributed by atoms with Gasteiger partial charge in [-0.3, -0.25) is 24.1 Å². The highest BCUT2D eigenvalue weighted by molar-refractivity contribution is 6.30. The number of nitrogens with one attached hydrogen (secondary N) is 1. The molecule has 1 saturated heterocycles. The highest BCUT2D eigenvalue weighted by Gasteiger charge is 2.47. The molecule has 33 heavy (non-hydrogen) atoms. The van der Waals surface area contributed by atoms with E-state index in [2.05, 4.69) is 5.32 Å². The SMILES string of the molecule is CC(C(=O)NC(C)(C)C)N(Cc1ccc(Cl)cc1)C(=O)CCN1C(=O)[C@H]2CC=CC[C@H]2C1=O. The molecule has 1 aromatic carbocycles. The summed E-state index contributed by atoms with van der Waals surface area (Å²) in [4.78, 5) is 54.3. The lowest BCUT2D eigenvalue weighted by atomic mass is 9.85. The lowest BCUT2D eigenvalue weighted by Gasteiger charge is -2.32. The smallest absolute Gasteiger partial charge is 0.242 e. The maximum Gasteiger partial charge on any atom is 0.242 e. The fourth-order valence-corrected chi connectivity index (χ4v) is 4.41. The molecule has 0 radical (unpaired) electrons. The maximum atomic E-state index is 13.3. The minimum atomic E-state index is -0.732. The molecule has 3 rings (SSSR count). The zero-order valence-electron chi connectivity index (χ0n) is 19.6. The number of likely N-dealkylation sites (tertiary alicyclic amines) is 1. The van der Waals surface area contributed by atoms with Gasteiger partial charge in [0, 0.05) is 30.1 Å². The Balaban J connectivity index is 1.72. The summed E-state index contributed by atoms with van der Waals surface area (Å²) in [6.07, 6.45) is 4.96. The molecule has 1 unspecified atom stereocenters. The first-order valence-corrected chi connectivity index (χ1v) is 11.7. The molecule has 0 bridgehead atoms. The highest BCUT2D eigenvalue weighted by atomic mass is 35.5. The molecule has 4 amide bonds. The van der Waals surface area contributed by atoms with E-state index in [9.17, 15) is 19.2 Å². The van der Waals surface area contributed by atoms with Crippen LogP contribution in [0.25, 0.3) is 0 Å². The molecule has 0 spiro atoms. The van der Waals surface area contributed by atoms with Crippen molar-refractivity contribution >= 4 is 35.2 Å². The normalized spacial score (nSPS) is 21.1. The van der Waals surface area contributed by atoms with Crippen LogP contribution in [-0.2, 0) is 25.7 Å². The number of rotatable bonds is 7. The Kier molecular flexibility index (Phi) is 7.62. The zero-order chi connectivity index (χ0) is 24.3. The highest BCUT2D eigenvalue weighted by Crippen LogP contribution is 2.35. The van der Waals surface area contributed by atoms with Crippen LogP contribution in [0.2, 0.25) is 5.02 Å². The summed E-state index contributed by atoms with van der Waals surface area (Å²) in [7, 11) is 0. The second-order valence-electron chi connectivity index (χ2n) is 9.80. The van der Waals surface area contributed by atoms with Gasteiger partial charge in [-0.2, -0.15) is 0 Å². The van der Waals surface area contributed by atoms with Crippen LogP contribution in [0.1, 0.15) is 52.5 Å². The average molecular weight is 474 g/mol. The number of halogens is 1. The topological polar surface area (TPSA) is 86.8 Å². The number of hydrogen-bond donors (Lipinski definition) is 1. The molecule has 2 aliphatic rings. The van der Waals surface area contributed by atoms with Crippen LogP contribution < -0.4 is 5.32 Å². The first-order chi connectivity index (χ1) is 15.5. The molecule has 1 fully saturated rings. The molecule has 178 valence electrons. The lowest BCUT2D eigenvalue weighted by molar-refractivity contribution is -0.144. The summed E-state index contributed by atoms with van der Waals surface area (Å²) in [6, 6.07) is 6.35. The predicted octanol–water partition coefficient (Wildman–Crippen LogP) is 3.31. The van der Waals surface area contributed by atoms with Gasteiger partial charge in [0.15, 0.2) is 0 Å². The van der Waals surface area contributed by atoms with Crippen molar-refractivity contribution in [2.24, 2.45) is 11.8 Å². The lowest BCUT2D eigenvalue weighted by Crippen LogP contribution is -2.52. The first kappa shape index (κ1) is 25.0. The second kappa shape index (κ2) is 10.1. The molecule has 1 aliphatic heterocycles. The van der Waals surface area contributed by atoms with Gasteiger partial charge in [-0.05, 0) is 58.2 Å². The Morgan fingerprint density at radius 3 is 2.15 bits per heavy atom. The summed E-state index contributed by atoms with van der Waals surface area (Å²) in [5.74, 6) is -1.61. The second-order valence-corrected chi connectivity index (χ2v) is 10.2. The Bertz CT molecular complexity index is 925. The Hall–Kier alpha value is -2.67. The van der Waals surface area contributed by atoms with E-state index in [0.29, 0.717) is 17.9 Å². The van der Waals surface area contributed by atoms with Crippen LogP contribution in [0, 0.1) is 11.8 Å². The standard InChI is InChI=1S/C25H32ClN3O4/c1-16(22(31)27-25(2,3)4)29(15-17-9-11-18(26)12-10-17)21(30)13-14-28-23(32)19-7-5-6-8-20(19)24(28)33/h5-6,9-12,16,19-20H,7-8,13-15H2,1-4H3,(H,27,31)/t16?,19-,20+. The minimum Gasteiger partial charge on any atom is -0.350 e. The molecule has 1 aromatic rings. The minimum absolute atomic E-state index is 0.0221. The quantitative estimate of drug-likeness (QED) is 0.486. The van der Waals surface area contributed by atoms with Crippen molar-refractivity contribution in [1.82, 2.24) is 15.1 Å². The largest absolute Gasteiger partial charge is 0.350 e. The van der Waals surface area contributed by atoms with Crippen LogP contribution in [0.4, 0.5) is 0 Å². The predicted molar refractivity (Wildman–Crippen MR) is 126 cm³/mol. The Morgan fingerprint density at radius 2 is 1.64 bits per heavy atom. The van der Waals surface area contributed by atoms with Crippen LogP contribution in [0.3, 0.4) is 0 Å². The van der Waals surface area contributed by atoms with Crippen molar-refractivity contribution in [3.8, 4) is 0 Å². The third-order valence-electron chi connectivity index (χ3n) is 6.08. The van der Waals surface area contributed by atoms with Crippen molar-refractivity contribution in [1.29, 1.82) is 0 Å². The van der Waals surface area contributed by atoms with Crippen LogP contribution in [0.5, 0.6) is 0 Å². The molecular formula is C25H32ClN3O4. The molecule has 1 aliphatic carbocycles. The van der Waals surface area contributed by atoms with Gasteiger partial charge in [0.05, 0.1) is 11.8 Å². The van der Waals surface area contributed by atoms with Gasteiger partial charge in [-0.1, -0.05) is 35.9 Å². The van der Waals surface area contributed by atoms with E-state index in [-0.39, 0.29) is 55.0 Å². The van der Waals surface area contributed by atoms with Crippen molar-refractivity contribution in [2.75, 3.05) is 6.54 Å². The van der Waals surface area contributed by atoms with E-state index in [1.165, 1.54) is 9.80 Å². The maximum absolute atomic E-state index is 13.3. The fourth-order valence-electron chi connectivity index (χ4n) is 4.28. The number of benzene rings is 1. The van der Waals surface area contributed by atoms with Crippen LogP contribution >= 0.6 is 11.6 Å². The number of fused-ring (bicyclic) bond motifs is 1. The summed E-state index contributed by atoms with van der Waals surface area (Å²) in [5, 5.41) is 3.50. The van der Waals surface area contributed by atoms with Gasteiger partial charge in [0.25, 0.3) is 0 Å². The van der Waals surface area contributed by atoms with E-state index in [0.717, 1.165) is 5.56 Å². The van der Waals surface area contributed by atoms with Crippen molar-refractivity contribution in [3.05, 3.63) is 47.0 Å². The van der Waals surface area contributed by atoms with Crippen molar-refractivity contribution in [3.63, 3.8) is 0 Å². The van der Waals surface area contributed by atoms with Gasteiger partial charge < -0.3 is 10.2 Å². The van der Waals surface area contributed by atoms with Crippen LogP contribution in [-0.4, -0.2) is 51.6 Å². The van der Waals surface area contributed by atoms with E-state index in [1.54, 1.807) is 19.1 Å². The molecule has 0 aromatic heterocycles. The monoisotopic (exact) mass is 473 g/mol. The summed E-state index contributed by atoms with van der Waals surface area (Å²) in [6.45, 7) is 7.55. The molecular weight excluding hydrogens is 442 g/mol. The molecule has 0 saturated carbocycles. The van der Waals surface area contributed by atoms with Gasteiger partial charge in [-0.15, -0.1) is 0 Å². The van der Waals surface area contributed by atoms with Gasteiger partial charge >= 0.3 is 0 Å². The first-order valence-electron chi connectivity index (χ1n) is 11.3. The van der Waals surface area contributed by atoms with E-state index < -0.39 is 11.6 Å². The number of imide groups is 1. The molecule has 1 heterocycles. The Morgan fingerprint density at radius 1 is 1.09 bits per heavy atom. The van der Waals surface area contributed by atoms with E-state index in [1.807, 2.05) is 45.1 Å². The molecule has 3 atom stereocenters. The average Bonchev–Trinajstić information content (AvgIpc) is 3.00. The number of allylic oxidation sites excluding steroid dienone is 2. The van der Waals surface area contributed by atoms with Gasteiger partial charge in [-0.25, -0.2) is 0 Å². The number of hydrogen-bond acceptors (Lipinski definition) is 4. The summed E-state index contributed by atoms with van der Waals surface area (Å²) < 4.78 is 0. The third-order valence-corrected chi connectivity index (χ3v) is 6.33. The van der Waals surface area contributed by atoms with E-state index in [4.69, 9.17) is 11.6 Å². The zero-order valence-corrected chi connectivity index (χ0v) is 20.4. The summed E-state index contributed by atoms with van der Waals surface area (Å²) in [5.41, 5.74) is 0.382. The molecule has 7 nitrogen and oxygen atoms in total. The molecule has 1 N–H and O–H groups in total. The number of amides is 4. The van der Waals surface area contributed by atoms with Gasteiger partial charge in [0.2, 0.25) is 23.6 Å².